The van der Waals surface area contributed by atoms with Crippen molar-refractivity contribution >= 4 is 11.6 Å². The van der Waals surface area contributed by atoms with Crippen LogP contribution in [0.3, 0.4) is 0 Å². The number of anilines is 1. The molecule has 1 amide bonds. The van der Waals surface area contributed by atoms with E-state index >= 15 is 0 Å². The molecule has 0 bridgehead atoms. The van der Waals surface area contributed by atoms with Crippen LogP contribution in [-0.4, -0.2) is 12.5 Å². The summed E-state index contributed by atoms with van der Waals surface area (Å²) in [6.45, 7) is 4.65. The van der Waals surface area contributed by atoms with E-state index in [9.17, 15) is 4.79 Å². The van der Waals surface area contributed by atoms with Gasteiger partial charge in [0.1, 0.15) is 5.75 Å². The summed E-state index contributed by atoms with van der Waals surface area (Å²) in [6.07, 6.45) is 1.20. The van der Waals surface area contributed by atoms with Crippen molar-refractivity contribution in [3.8, 4) is 5.75 Å². The van der Waals surface area contributed by atoms with Crippen LogP contribution < -0.4 is 10.1 Å². The van der Waals surface area contributed by atoms with E-state index in [0.29, 0.717) is 13.0 Å². The normalized spacial score (nSPS) is 10.2. The van der Waals surface area contributed by atoms with Crippen molar-refractivity contribution in [3.05, 3.63) is 59.7 Å². The first-order valence-corrected chi connectivity index (χ1v) is 7.25. The third-order valence-electron chi connectivity index (χ3n) is 3.21. The average molecular weight is 283 g/mol. The molecule has 0 aliphatic rings. The Morgan fingerprint density at radius 3 is 2.33 bits per heavy atom. The van der Waals surface area contributed by atoms with Gasteiger partial charge in [0.05, 0.1) is 6.61 Å². The standard InChI is InChI=1S/C18H21NO2/c1-3-21-17-11-6-15(7-12-17)8-13-18(20)19-16-9-4-14(2)5-10-16/h4-7,9-12H,3,8,13H2,1-2H3,(H,19,20). The molecule has 3 nitrogen and oxygen atoms in total. The average Bonchev–Trinajstić information content (AvgIpc) is 2.49. The van der Waals surface area contributed by atoms with Gasteiger partial charge in [0.15, 0.2) is 0 Å². The first-order chi connectivity index (χ1) is 10.2. The Balaban J connectivity index is 1.81. The largest absolute Gasteiger partial charge is 0.494 e. The van der Waals surface area contributed by atoms with E-state index in [-0.39, 0.29) is 5.91 Å². The first-order valence-electron chi connectivity index (χ1n) is 7.25. The van der Waals surface area contributed by atoms with Crippen molar-refractivity contribution in [2.24, 2.45) is 0 Å². The molecule has 0 aromatic heterocycles. The maximum atomic E-state index is 11.9. The van der Waals surface area contributed by atoms with Crippen molar-refractivity contribution in [2.45, 2.75) is 26.7 Å². The van der Waals surface area contributed by atoms with Gasteiger partial charge in [-0.1, -0.05) is 29.8 Å². The third kappa shape index (κ3) is 4.95. The molecule has 21 heavy (non-hydrogen) atoms. The molecule has 0 radical (unpaired) electrons. The third-order valence-corrected chi connectivity index (χ3v) is 3.21. The van der Waals surface area contributed by atoms with E-state index < -0.39 is 0 Å². The fraction of sp³-hybridized carbons (Fsp3) is 0.278. The van der Waals surface area contributed by atoms with Gasteiger partial charge >= 0.3 is 0 Å². The van der Waals surface area contributed by atoms with Gasteiger partial charge in [-0.25, -0.2) is 0 Å². The molecular weight excluding hydrogens is 262 g/mol. The molecule has 2 rings (SSSR count). The van der Waals surface area contributed by atoms with Crippen LogP contribution in [0.5, 0.6) is 5.75 Å². The monoisotopic (exact) mass is 283 g/mol. The molecule has 0 saturated carbocycles. The number of aryl methyl sites for hydroxylation is 2. The second kappa shape index (κ2) is 7.48. The highest BCUT2D eigenvalue weighted by Gasteiger charge is 2.03. The van der Waals surface area contributed by atoms with Crippen molar-refractivity contribution in [1.29, 1.82) is 0 Å². The lowest BCUT2D eigenvalue weighted by molar-refractivity contribution is -0.116. The number of nitrogens with one attached hydrogen (secondary N) is 1. The fourth-order valence-corrected chi connectivity index (χ4v) is 2.04. The van der Waals surface area contributed by atoms with E-state index in [2.05, 4.69) is 5.32 Å². The van der Waals surface area contributed by atoms with E-state index in [1.54, 1.807) is 0 Å². The zero-order valence-electron chi connectivity index (χ0n) is 12.6. The van der Waals surface area contributed by atoms with Gasteiger partial charge < -0.3 is 10.1 Å². The molecule has 2 aromatic carbocycles. The van der Waals surface area contributed by atoms with Crippen LogP contribution in [0.25, 0.3) is 0 Å². The van der Waals surface area contributed by atoms with Crippen molar-refractivity contribution in [2.75, 3.05) is 11.9 Å². The molecular formula is C18H21NO2. The molecule has 0 heterocycles. The topological polar surface area (TPSA) is 38.3 Å². The molecule has 3 heteroatoms. The molecule has 0 fully saturated rings. The summed E-state index contributed by atoms with van der Waals surface area (Å²) in [6, 6.07) is 15.7. The molecule has 0 spiro atoms. The highest BCUT2D eigenvalue weighted by molar-refractivity contribution is 5.90. The Labute approximate surface area is 126 Å². The second-order valence-electron chi connectivity index (χ2n) is 4.99. The maximum Gasteiger partial charge on any atom is 0.224 e. The molecule has 1 N–H and O–H groups in total. The lowest BCUT2D eigenvalue weighted by Gasteiger charge is -2.07. The van der Waals surface area contributed by atoms with Crippen LogP contribution >= 0.6 is 0 Å². The number of ether oxygens (including phenoxy) is 1. The van der Waals surface area contributed by atoms with Gasteiger partial charge in [0.2, 0.25) is 5.91 Å². The summed E-state index contributed by atoms with van der Waals surface area (Å²) >= 11 is 0. The van der Waals surface area contributed by atoms with Gasteiger partial charge in [0.25, 0.3) is 0 Å². The Kier molecular flexibility index (Phi) is 5.38. The molecule has 2 aromatic rings. The zero-order chi connectivity index (χ0) is 15.1. The van der Waals surface area contributed by atoms with Gasteiger partial charge in [0, 0.05) is 12.1 Å². The van der Waals surface area contributed by atoms with Gasteiger partial charge in [-0.2, -0.15) is 0 Å². The molecule has 0 aliphatic heterocycles. The summed E-state index contributed by atoms with van der Waals surface area (Å²) in [5.41, 5.74) is 3.16. The minimum Gasteiger partial charge on any atom is -0.494 e. The fourth-order valence-electron chi connectivity index (χ4n) is 2.04. The van der Waals surface area contributed by atoms with Gasteiger partial charge in [-0.3, -0.25) is 4.79 Å². The zero-order valence-corrected chi connectivity index (χ0v) is 12.6. The Bertz CT molecular complexity index is 573. The molecule has 0 aliphatic carbocycles. The minimum atomic E-state index is 0.0349. The lowest BCUT2D eigenvalue weighted by Crippen LogP contribution is -2.12. The van der Waals surface area contributed by atoms with Crippen LogP contribution in [0.15, 0.2) is 48.5 Å². The summed E-state index contributed by atoms with van der Waals surface area (Å²) in [5.74, 6) is 0.901. The van der Waals surface area contributed by atoms with Crippen molar-refractivity contribution < 1.29 is 9.53 Å². The number of carbonyl (C=O) groups is 1. The Morgan fingerprint density at radius 1 is 1.05 bits per heavy atom. The summed E-state index contributed by atoms with van der Waals surface area (Å²) in [5, 5.41) is 2.91. The SMILES string of the molecule is CCOc1ccc(CCC(=O)Nc2ccc(C)cc2)cc1. The van der Waals surface area contributed by atoms with Crippen LogP contribution in [0, 0.1) is 6.92 Å². The number of carbonyl (C=O) groups excluding carboxylic acids is 1. The van der Waals surface area contributed by atoms with E-state index in [1.807, 2.05) is 62.4 Å². The van der Waals surface area contributed by atoms with E-state index in [4.69, 9.17) is 4.74 Å². The minimum absolute atomic E-state index is 0.0349. The van der Waals surface area contributed by atoms with Crippen molar-refractivity contribution in [3.63, 3.8) is 0 Å². The second-order valence-corrected chi connectivity index (χ2v) is 4.99. The number of benzene rings is 2. The van der Waals surface area contributed by atoms with Crippen LogP contribution in [0.2, 0.25) is 0 Å². The predicted molar refractivity (Wildman–Crippen MR) is 85.7 cm³/mol. The quantitative estimate of drug-likeness (QED) is 0.871. The molecule has 110 valence electrons. The van der Waals surface area contributed by atoms with E-state index in [0.717, 1.165) is 23.4 Å². The number of rotatable bonds is 6. The maximum absolute atomic E-state index is 11.9. The van der Waals surface area contributed by atoms with Crippen LogP contribution in [0.4, 0.5) is 5.69 Å². The smallest absolute Gasteiger partial charge is 0.224 e. The van der Waals surface area contributed by atoms with Crippen LogP contribution in [0.1, 0.15) is 24.5 Å². The Morgan fingerprint density at radius 2 is 1.71 bits per heavy atom. The molecule has 0 atom stereocenters. The number of amides is 1. The van der Waals surface area contributed by atoms with Crippen molar-refractivity contribution in [1.82, 2.24) is 0 Å². The first kappa shape index (κ1) is 15.1. The molecule has 0 saturated heterocycles. The van der Waals surface area contributed by atoms with Crippen LogP contribution in [-0.2, 0) is 11.2 Å². The number of hydrogen-bond donors (Lipinski definition) is 1. The van der Waals surface area contributed by atoms with E-state index in [1.165, 1.54) is 5.56 Å². The summed E-state index contributed by atoms with van der Waals surface area (Å²) < 4.78 is 5.40. The highest BCUT2D eigenvalue weighted by Crippen LogP contribution is 2.14. The summed E-state index contributed by atoms with van der Waals surface area (Å²) in [7, 11) is 0. The lowest BCUT2D eigenvalue weighted by atomic mass is 10.1. The van der Waals surface area contributed by atoms with Gasteiger partial charge in [-0.15, -0.1) is 0 Å². The summed E-state index contributed by atoms with van der Waals surface area (Å²) in [4.78, 5) is 11.9. The number of hydrogen-bond acceptors (Lipinski definition) is 2. The van der Waals surface area contributed by atoms with Gasteiger partial charge in [-0.05, 0) is 50.1 Å². The molecule has 0 unspecified atom stereocenters. The Hall–Kier alpha value is -2.29. The highest BCUT2D eigenvalue weighted by atomic mass is 16.5. The predicted octanol–water partition coefficient (Wildman–Crippen LogP) is 3.97.